The van der Waals surface area contributed by atoms with Crippen LogP contribution in [-0.2, 0) is 11.3 Å². The Bertz CT molecular complexity index is 912. The lowest BCUT2D eigenvalue weighted by atomic mass is 10.2. The monoisotopic (exact) mass is 484 g/mol. The SMILES string of the molecule is CCN(CC)c1ccc(NC(=O)N(CCCN2CCOCC2)Cc2ccc(OC)c(OC)c2)cc1. The van der Waals surface area contributed by atoms with Crippen LogP contribution in [-0.4, -0.2) is 82.5 Å². The van der Waals surface area contributed by atoms with E-state index in [1.54, 1.807) is 14.2 Å². The molecule has 8 nitrogen and oxygen atoms in total. The van der Waals surface area contributed by atoms with E-state index >= 15 is 0 Å². The molecular formula is C27H40N4O4. The quantitative estimate of drug-likeness (QED) is 0.484. The van der Waals surface area contributed by atoms with Crippen LogP contribution in [0.15, 0.2) is 42.5 Å². The van der Waals surface area contributed by atoms with E-state index in [0.717, 1.165) is 69.3 Å². The van der Waals surface area contributed by atoms with Gasteiger partial charge in [-0.15, -0.1) is 0 Å². The Hall–Kier alpha value is -2.97. The van der Waals surface area contributed by atoms with E-state index in [0.29, 0.717) is 24.6 Å². The van der Waals surface area contributed by atoms with Crippen molar-refractivity contribution in [2.75, 3.05) is 76.9 Å². The Morgan fingerprint density at radius 1 is 1.00 bits per heavy atom. The number of carbonyl (C=O) groups is 1. The Morgan fingerprint density at radius 2 is 1.69 bits per heavy atom. The summed E-state index contributed by atoms with van der Waals surface area (Å²) in [6.45, 7) is 11.7. The zero-order valence-electron chi connectivity index (χ0n) is 21.6. The number of nitrogens with one attached hydrogen (secondary N) is 1. The van der Waals surface area contributed by atoms with Gasteiger partial charge >= 0.3 is 6.03 Å². The van der Waals surface area contributed by atoms with Crippen LogP contribution in [0, 0.1) is 0 Å². The van der Waals surface area contributed by atoms with Gasteiger partial charge in [-0.05, 0) is 62.2 Å². The molecule has 0 aliphatic carbocycles. The molecule has 8 heteroatoms. The van der Waals surface area contributed by atoms with Crippen molar-refractivity contribution < 1.29 is 19.0 Å². The molecule has 0 radical (unpaired) electrons. The van der Waals surface area contributed by atoms with Gasteiger partial charge in [0.1, 0.15) is 0 Å². The highest BCUT2D eigenvalue weighted by Crippen LogP contribution is 2.28. The number of hydrogen-bond donors (Lipinski definition) is 1. The second-order valence-corrected chi connectivity index (χ2v) is 8.57. The third kappa shape index (κ3) is 7.77. The van der Waals surface area contributed by atoms with Crippen LogP contribution < -0.4 is 19.7 Å². The third-order valence-corrected chi connectivity index (χ3v) is 6.36. The number of morpholine rings is 1. The summed E-state index contributed by atoms with van der Waals surface area (Å²) >= 11 is 0. The molecule has 2 amide bonds. The van der Waals surface area contributed by atoms with Crippen molar-refractivity contribution in [1.82, 2.24) is 9.80 Å². The molecule has 0 bridgehead atoms. The van der Waals surface area contributed by atoms with Crippen LogP contribution in [0.3, 0.4) is 0 Å². The molecule has 35 heavy (non-hydrogen) atoms. The molecule has 0 saturated carbocycles. The van der Waals surface area contributed by atoms with E-state index in [-0.39, 0.29) is 6.03 Å². The molecule has 1 N–H and O–H groups in total. The van der Waals surface area contributed by atoms with Gasteiger partial charge in [0.2, 0.25) is 0 Å². The second-order valence-electron chi connectivity index (χ2n) is 8.57. The lowest BCUT2D eigenvalue weighted by Gasteiger charge is -2.28. The first kappa shape index (κ1) is 26.6. The molecule has 1 heterocycles. The van der Waals surface area contributed by atoms with Gasteiger partial charge in [-0.3, -0.25) is 4.90 Å². The van der Waals surface area contributed by atoms with E-state index in [9.17, 15) is 4.79 Å². The molecule has 1 aliphatic rings. The molecule has 0 atom stereocenters. The van der Waals surface area contributed by atoms with Gasteiger partial charge in [0.05, 0.1) is 27.4 Å². The molecule has 3 rings (SSSR count). The van der Waals surface area contributed by atoms with Crippen LogP contribution in [0.25, 0.3) is 0 Å². The molecule has 0 unspecified atom stereocenters. The summed E-state index contributed by atoms with van der Waals surface area (Å²) in [7, 11) is 3.24. The molecule has 1 fully saturated rings. The van der Waals surface area contributed by atoms with E-state index in [1.807, 2.05) is 35.2 Å². The average Bonchev–Trinajstić information content (AvgIpc) is 2.90. The Balaban J connectivity index is 1.69. The standard InChI is InChI=1S/C27H40N4O4/c1-5-30(6-2)24-11-9-23(10-12-24)28-27(32)31(15-7-14-29-16-18-35-19-17-29)21-22-8-13-25(33-3)26(20-22)34-4/h8-13,20H,5-7,14-19,21H2,1-4H3,(H,28,32). The van der Waals surface area contributed by atoms with Crippen molar-refractivity contribution in [3.05, 3.63) is 48.0 Å². The second kappa shape index (κ2) is 13.8. The van der Waals surface area contributed by atoms with Gasteiger partial charge in [-0.1, -0.05) is 6.07 Å². The number of benzene rings is 2. The van der Waals surface area contributed by atoms with E-state index in [2.05, 4.69) is 41.1 Å². The number of urea groups is 1. The Morgan fingerprint density at radius 3 is 2.31 bits per heavy atom. The summed E-state index contributed by atoms with van der Waals surface area (Å²) in [6.07, 6.45) is 0.890. The lowest BCUT2D eigenvalue weighted by Crippen LogP contribution is -2.40. The van der Waals surface area contributed by atoms with Gasteiger partial charge in [0.25, 0.3) is 0 Å². The first-order valence-corrected chi connectivity index (χ1v) is 12.5. The van der Waals surface area contributed by atoms with E-state index < -0.39 is 0 Å². The van der Waals surface area contributed by atoms with Gasteiger partial charge in [-0.2, -0.15) is 0 Å². The fraction of sp³-hybridized carbons (Fsp3) is 0.519. The van der Waals surface area contributed by atoms with Crippen molar-refractivity contribution in [2.24, 2.45) is 0 Å². The average molecular weight is 485 g/mol. The van der Waals surface area contributed by atoms with Crippen LogP contribution in [0.4, 0.5) is 16.2 Å². The van der Waals surface area contributed by atoms with Gasteiger partial charge < -0.3 is 29.3 Å². The molecule has 0 aromatic heterocycles. The minimum atomic E-state index is -0.114. The molecule has 1 saturated heterocycles. The molecule has 1 aliphatic heterocycles. The Kier molecular flexibility index (Phi) is 10.5. The first-order chi connectivity index (χ1) is 17.1. The number of nitrogens with zero attached hydrogens (tertiary/aromatic N) is 3. The predicted molar refractivity (Wildman–Crippen MR) is 141 cm³/mol. The summed E-state index contributed by atoms with van der Waals surface area (Å²) < 4.78 is 16.3. The molecule has 0 spiro atoms. The Labute approximate surface area is 209 Å². The van der Waals surface area contributed by atoms with E-state index in [1.165, 1.54) is 0 Å². The molecule has 2 aromatic rings. The number of methoxy groups -OCH3 is 2. The number of ether oxygens (including phenoxy) is 3. The molecule has 192 valence electrons. The minimum Gasteiger partial charge on any atom is -0.493 e. The van der Waals surface area contributed by atoms with Gasteiger partial charge in [-0.25, -0.2) is 4.79 Å². The summed E-state index contributed by atoms with van der Waals surface area (Å²) in [4.78, 5) is 19.9. The zero-order valence-corrected chi connectivity index (χ0v) is 21.6. The number of hydrogen-bond acceptors (Lipinski definition) is 6. The van der Waals surface area contributed by atoms with Crippen LogP contribution in [0.1, 0.15) is 25.8 Å². The number of rotatable bonds is 12. The largest absolute Gasteiger partial charge is 0.493 e. The summed E-state index contributed by atoms with van der Waals surface area (Å²) in [5, 5.41) is 3.08. The highest BCUT2D eigenvalue weighted by Gasteiger charge is 2.17. The molecule has 2 aromatic carbocycles. The molecular weight excluding hydrogens is 444 g/mol. The van der Waals surface area contributed by atoms with Crippen LogP contribution in [0.5, 0.6) is 11.5 Å². The lowest BCUT2D eigenvalue weighted by molar-refractivity contribution is 0.0365. The maximum absolute atomic E-state index is 13.3. The van der Waals surface area contributed by atoms with Crippen molar-refractivity contribution in [1.29, 1.82) is 0 Å². The number of anilines is 2. The topological polar surface area (TPSA) is 66.5 Å². The number of carbonyl (C=O) groups excluding carboxylic acids is 1. The normalized spacial score (nSPS) is 13.8. The zero-order chi connectivity index (χ0) is 25.0. The fourth-order valence-electron chi connectivity index (χ4n) is 4.31. The highest BCUT2D eigenvalue weighted by molar-refractivity contribution is 5.89. The van der Waals surface area contributed by atoms with Gasteiger partial charge in [0.15, 0.2) is 11.5 Å². The summed E-state index contributed by atoms with van der Waals surface area (Å²) in [5.74, 6) is 1.33. The predicted octanol–water partition coefficient (Wildman–Crippen LogP) is 4.31. The van der Waals surface area contributed by atoms with Crippen molar-refractivity contribution in [3.63, 3.8) is 0 Å². The van der Waals surface area contributed by atoms with E-state index in [4.69, 9.17) is 14.2 Å². The summed E-state index contributed by atoms with van der Waals surface area (Å²) in [6, 6.07) is 13.7. The van der Waals surface area contributed by atoms with Crippen molar-refractivity contribution in [2.45, 2.75) is 26.8 Å². The minimum absolute atomic E-state index is 0.114. The van der Waals surface area contributed by atoms with Crippen LogP contribution in [0.2, 0.25) is 0 Å². The number of amides is 2. The van der Waals surface area contributed by atoms with Gasteiger partial charge in [0, 0.05) is 57.2 Å². The van der Waals surface area contributed by atoms with Crippen molar-refractivity contribution in [3.8, 4) is 11.5 Å². The maximum atomic E-state index is 13.3. The van der Waals surface area contributed by atoms with Crippen molar-refractivity contribution >= 4 is 17.4 Å². The highest BCUT2D eigenvalue weighted by atomic mass is 16.5. The summed E-state index contributed by atoms with van der Waals surface area (Å²) in [5.41, 5.74) is 2.93. The first-order valence-electron chi connectivity index (χ1n) is 12.5. The van der Waals surface area contributed by atoms with Crippen LogP contribution >= 0.6 is 0 Å². The smallest absolute Gasteiger partial charge is 0.322 e. The third-order valence-electron chi connectivity index (χ3n) is 6.36. The fourth-order valence-corrected chi connectivity index (χ4v) is 4.31. The maximum Gasteiger partial charge on any atom is 0.322 e.